The van der Waals surface area contributed by atoms with Crippen molar-refractivity contribution in [3.05, 3.63) is 48.0 Å². The van der Waals surface area contributed by atoms with Crippen LogP contribution in [0.1, 0.15) is 25.3 Å². The van der Waals surface area contributed by atoms with Crippen LogP contribution in [-0.4, -0.2) is 46.9 Å². The Labute approximate surface area is 158 Å². The van der Waals surface area contributed by atoms with Gasteiger partial charge in [-0.1, -0.05) is 42.5 Å². The van der Waals surface area contributed by atoms with Gasteiger partial charge in [-0.15, -0.1) is 0 Å². The van der Waals surface area contributed by atoms with Crippen LogP contribution >= 0.6 is 0 Å². The van der Waals surface area contributed by atoms with Crippen molar-refractivity contribution in [2.45, 2.75) is 32.2 Å². The number of fused-ring (bicyclic) bond motifs is 1. The number of benzene rings is 2. The van der Waals surface area contributed by atoms with E-state index in [1.165, 1.54) is 0 Å². The average molecular weight is 368 g/mol. The van der Waals surface area contributed by atoms with Gasteiger partial charge in [-0.25, -0.2) is 0 Å². The van der Waals surface area contributed by atoms with E-state index < -0.39 is 11.9 Å². The van der Waals surface area contributed by atoms with Crippen molar-refractivity contribution < 1.29 is 19.5 Å². The second-order valence-corrected chi connectivity index (χ2v) is 7.01. The molecule has 2 N–H and O–H groups in total. The number of likely N-dealkylation sites (tertiary alicyclic amines) is 1. The lowest BCUT2D eigenvalue weighted by Gasteiger charge is -2.37. The number of nitrogens with zero attached hydrogens (tertiary/aromatic N) is 1. The van der Waals surface area contributed by atoms with Crippen molar-refractivity contribution in [1.29, 1.82) is 0 Å². The minimum Gasteiger partial charge on any atom is -0.481 e. The number of nitrogens with one attached hydrogen (secondary N) is 1. The summed E-state index contributed by atoms with van der Waals surface area (Å²) < 4.78 is 0. The summed E-state index contributed by atoms with van der Waals surface area (Å²) in [5.74, 6) is -1.88. The van der Waals surface area contributed by atoms with Crippen molar-refractivity contribution in [2.24, 2.45) is 5.92 Å². The van der Waals surface area contributed by atoms with E-state index in [2.05, 4.69) is 5.32 Å². The topological polar surface area (TPSA) is 86.7 Å². The molecule has 1 aliphatic rings. The van der Waals surface area contributed by atoms with Crippen LogP contribution in [-0.2, 0) is 20.8 Å². The molecule has 6 nitrogen and oxygen atoms in total. The maximum absolute atomic E-state index is 12.5. The minimum absolute atomic E-state index is 0.111. The molecule has 2 amide bonds. The quantitative estimate of drug-likeness (QED) is 0.847. The van der Waals surface area contributed by atoms with E-state index in [1.54, 1.807) is 11.8 Å². The number of carboxylic acid groups (broad SMARTS) is 1. The van der Waals surface area contributed by atoms with Gasteiger partial charge in [0.25, 0.3) is 0 Å². The largest absolute Gasteiger partial charge is 0.481 e. The number of carbonyl (C=O) groups is 3. The molecule has 0 radical (unpaired) electrons. The first-order valence-electron chi connectivity index (χ1n) is 9.23. The van der Waals surface area contributed by atoms with Crippen LogP contribution in [0, 0.1) is 5.92 Å². The highest BCUT2D eigenvalue weighted by molar-refractivity contribution is 5.91. The Hall–Kier alpha value is -2.89. The van der Waals surface area contributed by atoms with E-state index in [9.17, 15) is 19.5 Å². The molecule has 0 spiro atoms. The van der Waals surface area contributed by atoms with Crippen molar-refractivity contribution in [1.82, 2.24) is 10.2 Å². The summed E-state index contributed by atoms with van der Waals surface area (Å²) >= 11 is 0. The molecule has 2 aromatic carbocycles. The SMILES string of the molecule is C[C@@H]1[C@H](C(=O)O)CCCN1C(=O)CNC(=O)Cc1cccc2ccccc12. The van der Waals surface area contributed by atoms with Crippen LogP contribution < -0.4 is 5.32 Å². The molecule has 0 unspecified atom stereocenters. The Morgan fingerprint density at radius 3 is 2.67 bits per heavy atom. The normalized spacial score (nSPS) is 19.7. The van der Waals surface area contributed by atoms with Gasteiger partial charge in [-0.05, 0) is 36.1 Å². The molecule has 0 aromatic heterocycles. The van der Waals surface area contributed by atoms with Crippen molar-refractivity contribution in [3.8, 4) is 0 Å². The van der Waals surface area contributed by atoms with Gasteiger partial charge in [-0.2, -0.15) is 0 Å². The van der Waals surface area contributed by atoms with E-state index in [1.807, 2.05) is 42.5 Å². The summed E-state index contributed by atoms with van der Waals surface area (Å²) in [6.07, 6.45) is 1.44. The molecule has 142 valence electrons. The van der Waals surface area contributed by atoms with Crippen LogP contribution in [0.4, 0.5) is 0 Å². The molecule has 1 saturated heterocycles. The lowest BCUT2D eigenvalue weighted by molar-refractivity contribution is -0.149. The van der Waals surface area contributed by atoms with E-state index in [-0.39, 0.29) is 30.8 Å². The van der Waals surface area contributed by atoms with E-state index in [0.29, 0.717) is 19.4 Å². The minimum atomic E-state index is -0.875. The molecule has 0 saturated carbocycles. The smallest absolute Gasteiger partial charge is 0.308 e. The number of hydrogen-bond donors (Lipinski definition) is 2. The van der Waals surface area contributed by atoms with Gasteiger partial charge < -0.3 is 15.3 Å². The Kier molecular flexibility index (Phi) is 5.74. The lowest BCUT2D eigenvalue weighted by atomic mass is 9.90. The Bertz CT molecular complexity index is 859. The summed E-state index contributed by atoms with van der Waals surface area (Å²) in [4.78, 5) is 37.7. The Morgan fingerprint density at radius 1 is 1.15 bits per heavy atom. The Balaban J connectivity index is 1.58. The molecule has 27 heavy (non-hydrogen) atoms. The summed E-state index contributed by atoms with van der Waals surface area (Å²) in [7, 11) is 0. The highest BCUT2D eigenvalue weighted by atomic mass is 16.4. The van der Waals surface area contributed by atoms with Crippen molar-refractivity contribution >= 4 is 28.6 Å². The highest BCUT2D eigenvalue weighted by Crippen LogP contribution is 2.23. The number of carboxylic acids is 1. The fourth-order valence-corrected chi connectivity index (χ4v) is 3.78. The zero-order valence-electron chi connectivity index (χ0n) is 15.4. The van der Waals surface area contributed by atoms with Crippen LogP contribution in [0.15, 0.2) is 42.5 Å². The summed E-state index contributed by atoms with van der Waals surface area (Å²) in [5.41, 5.74) is 0.912. The number of hydrogen-bond acceptors (Lipinski definition) is 3. The molecule has 1 fully saturated rings. The van der Waals surface area contributed by atoms with Crippen LogP contribution in [0.3, 0.4) is 0 Å². The maximum Gasteiger partial charge on any atom is 0.308 e. The lowest BCUT2D eigenvalue weighted by Crippen LogP contribution is -2.52. The van der Waals surface area contributed by atoms with E-state index >= 15 is 0 Å². The van der Waals surface area contributed by atoms with Crippen LogP contribution in [0.5, 0.6) is 0 Å². The third-order valence-electron chi connectivity index (χ3n) is 5.29. The first kappa shape index (κ1) is 18.9. The molecule has 3 rings (SSSR count). The number of carbonyl (C=O) groups excluding carboxylic acids is 2. The van der Waals surface area contributed by atoms with Gasteiger partial charge in [0.1, 0.15) is 0 Å². The fraction of sp³-hybridized carbons (Fsp3) is 0.381. The van der Waals surface area contributed by atoms with E-state index in [4.69, 9.17) is 0 Å². The number of piperidine rings is 1. The van der Waals surface area contributed by atoms with Crippen molar-refractivity contribution in [3.63, 3.8) is 0 Å². The fourth-order valence-electron chi connectivity index (χ4n) is 3.78. The second-order valence-electron chi connectivity index (χ2n) is 7.01. The Morgan fingerprint density at radius 2 is 1.89 bits per heavy atom. The van der Waals surface area contributed by atoms with Crippen molar-refractivity contribution in [2.75, 3.05) is 13.1 Å². The zero-order chi connectivity index (χ0) is 19.4. The van der Waals surface area contributed by atoms with Gasteiger partial charge >= 0.3 is 5.97 Å². The number of amides is 2. The third kappa shape index (κ3) is 4.27. The first-order chi connectivity index (χ1) is 13.0. The average Bonchev–Trinajstić information content (AvgIpc) is 2.66. The van der Waals surface area contributed by atoms with Crippen LogP contribution in [0.2, 0.25) is 0 Å². The maximum atomic E-state index is 12.5. The molecule has 0 bridgehead atoms. The molecule has 1 heterocycles. The molecule has 1 aliphatic heterocycles. The van der Waals surface area contributed by atoms with Crippen LogP contribution in [0.25, 0.3) is 10.8 Å². The zero-order valence-corrected chi connectivity index (χ0v) is 15.4. The number of rotatable bonds is 5. The summed E-state index contributed by atoms with van der Waals surface area (Å²) in [6.45, 7) is 2.18. The summed E-state index contributed by atoms with van der Waals surface area (Å²) in [5, 5.41) is 14.0. The third-order valence-corrected chi connectivity index (χ3v) is 5.29. The monoisotopic (exact) mass is 368 g/mol. The molecule has 6 heteroatoms. The molecular weight excluding hydrogens is 344 g/mol. The molecule has 0 aliphatic carbocycles. The van der Waals surface area contributed by atoms with Gasteiger partial charge in [-0.3, -0.25) is 14.4 Å². The predicted octanol–water partition coefficient (Wildman–Crippen LogP) is 2.21. The van der Waals surface area contributed by atoms with Gasteiger partial charge in [0, 0.05) is 12.6 Å². The number of aliphatic carboxylic acids is 1. The van der Waals surface area contributed by atoms with Gasteiger partial charge in [0.05, 0.1) is 18.9 Å². The molecule has 2 atom stereocenters. The highest BCUT2D eigenvalue weighted by Gasteiger charge is 2.35. The standard InChI is InChI=1S/C21H24N2O4/c1-14-17(21(26)27)10-5-11-23(14)20(25)13-22-19(24)12-16-8-4-7-15-6-2-3-9-18(15)16/h2-4,6-9,14,17H,5,10-13H2,1H3,(H,22,24)(H,26,27)/t14-,17-/m1/s1. The molecular formula is C21H24N2O4. The predicted molar refractivity (Wildman–Crippen MR) is 102 cm³/mol. The van der Waals surface area contributed by atoms with E-state index in [0.717, 1.165) is 16.3 Å². The second kappa shape index (κ2) is 8.20. The molecule has 2 aromatic rings. The van der Waals surface area contributed by atoms with Gasteiger partial charge in [0.2, 0.25) is 11.8 Å². The first-order valence-corrected chi connectivity index (χ1v) is 9.23. The summed E-state index contributed by atoms with van der Waals surface area (Å²) in [6, 6.07) is 13.3. The van der Waals surface area contributed by atoms with Gasteiger partial charge in [0.15, 0.2) is 0 Å².